The lowest BCUT2D eigenvalue weighted by Gasteiger charge is -2.11. The van der Waals surface area contributed by atoms with Crippen molar-refractivity contribution in [1.29, 1.82) is 0 Å². The van der Waals surface area contributed by atoms with E-state index in [2.05, 4.69) is 36.4 Å². The molecule has 0 amide bonds. The second-order valence-electron chi connectivity index (χ2n) is 10.8. The molecule has 0 N–H and O–H groups in total. The van der Waals surface area contributed by atoms with Crippen LogP contribution in [0, 0.1) is 0 Å². The van der Waals surface area contributed by atoms with Crippen molar-refractivity contribution in [3.05, 3.63) is 158 Å². The molecule has 0 saturated heterocycles. The Morgan fingerprint density at radius 2 is 0.913 bits per heavy atom. The highest BCUT2D eigenvalue weighted by Gasteiger charge is 2.15. The molecule has 8 rings (SSSR count). The fourth-order valence-electron chi connectivity index (χ4n) is 5.52. The van der Waals surface area contributed by atoms with Gasteiger partial charge in [0.1, 0.15) is 0 Å². The molecule has 4 heterocycles. The molecule has 0 bridgehead atoms. The normalized spacial score (nSPS) is 11.0. The van der Waals surface area contributed by atoms with Gasteiger partial charge < -0.3 is 0 Å². The van der Waals surface area contributed by atoms with Crippen LogP contribution in [0.1, 0.15) is 0 Å². The molecule has 6 nitrogen and oxygen atoms in total. The lowest BCUT2D eigenvalue weighted by atomic mass is 10.0. The van der Waals surface area contributed by atoms with E-state index in [0.29, 0.717) is 17.5 Å². The van der Waals surface area contributed by atoms with Gasteiger partial charge in [-0.25, -0.2) is 19.9 Å². The SMILES string of the molecule is c1ccc(-c2cc(-c3ccc(-c4nc(-c5ccccc5)nc(-c5ccccc5)n4)cn3)nc(-c3nccc4ccccc34)c2)cc1. The third-order valence-electron chi connectivity index (χ3n) is 7.83. The van der Waals surface area contributed by atoms with Crippen LogP contribution in [0.25, 0.3) is 78.8 Å². The topological polar surface area (TPSA) is 77.3 Å². The van der Waals surface area contributed by atoms with E-state index in [-0.39, 0.29) is 0 Å². The number of hydrogen-bond acceptors (Lipinski definition) is 6. The van der Waals surface area contributed by atoms with Crippen molar-refractivity contribution in [2.45, 2.75) is 0 Å². The van der Waals surface area contributed by atoms with Gasteiger partial charge in [-0.15, -0.1) is 0 Å². The maximum Gasteiger partial charge on any atom is 0.165 e. The maximum atomic E-state index is 5.09. The molecule has 8 aromatic rings. The summed E-state index contributed by atoms with van der Waals surface area (Å²) in [5.74, 6) is 1.77. The first-order valence-electron chi connectivity index (χ1n) is 15.0. The van der Waals surface area contributed by atoms with E-state index in [1.807, 2.05) is 115 Å². The number of fused-ring (bicyclic) bond motifs is 1. The monoisotopic (exact) mass is 590 g/mol. The average Bonchev–Trinajstić information content (AvgIpc) is 3.15. The summed E-state index contributed by atoms with van der Waals surface area (Å²) in [5, 5.41) is 2.17. The zero-order valence-corrected chi connectivity index (χ0v) is 24.7. The van der Waals surface area contributed by atoms with Gasteiger partial charge in [-0.3, -0.25) is 9.97 Å². The third-order valence-corrected chi connectivity index (χ3v) is 7.83. The van der Waals surface area contributed by atoms with Gasteiger partial charge in [0.15, 0.2) is 17.5 Å². The molecule has 0 atom stereocenters. The summed E-state index contributed by atoms with van der Waals surface area (Å²) >= 11 is 0. The maximum absolute atomic E-state index is 5.09. The van der Waals surface area contributed by atoms with Crippen LogP contribution < -0.4 is 0 Å². The smallest absolute Gasteiger partial charge is 0.165 e. The minimum atomic E-state index is 0.554. The van der Waals surface area contributed by atoms with Crippen molar-refractivity contribution < 1.29 is 0 Å². The first kappa shape index (κ1) is 27.2. The minimum Gasteiger partial charge on any atom is -0.254 e. The Hall–Kier alpha value is -6.40. The molecule has 4 aromatic heterocycles. The number of nitrogens with zero attached hydrogens (tertiary/aromatic N) is 6. The van der Waals surface area contributed by atoms with E-state index in [1.165, 1.54) is 0 Å². The summed E-state index contributed by atoms with van der Waals surface area (Å²) in [6, 6.07) is 48.6. The summed E-state index contributed by atoms with van der Waals surface area (Å²) in [6.07, 6.45) is 3.64. The highest BCUT2D eigenvalue weighted by atomic mass is 15.0. The molecule has 0 radical (unpaired) electrons. The van der Waals surface area contributed by atoms with Crippen LogP contribution in [0.5, 0.6) is 0 Å². The zero-order valence-electron chi connectivity index (χ0n) is 24.7. The van der Waals surface area contributed by atoms with Crippen LogP contribution in [0.2, 0.25) is 0 Å². The molecule has 0 aliphatic rings. The Morgan fingerprint density at radius 1 is 0.348 bits per heavy atom. The van der Waals surface area contributed by atoms with Gasteiger partial charge in [0.05, 0.1) is 22.8 Å². The van der Waals surface area contributed by atoms with Crippen molar-refractivity contribution in [3.8, 4) is 68.1 Å². The van der Waals surface area contributed by atoms with Gasteiger partial charge in [-0.05, 0) is 46.8 Å². The van der Waals surface area contributed by atoms with Crippen molar-refractivity contribution >= 4 is 10.8 Å². The van der Waals surface area contributed by atoms with Crippen LogP contribution in [0.4, 0.5) is 0 Å². The van der Waals surface area contributed by atoms with Crippen LogP contribution in [-0.4, -0.2) is 29.9 Å². The zero-order chi connectivity index (χ0) is 30.7. The van der Waals surface area contributed by atoms with Gasteiger partial charge in [0.25, 0.3) is 0 Å². The van der Waals surface area contributed by atoms with Crippen molar-refractivity contribution in [2.24, 2.45) is 0 Å². The average molecular weight is 591 g/mol. The number of benzene rings is 4. The quantitative estimate of drug-likeness (QED) is 0.192. The van der Waals surface area contributed by atoms with Gasteiger partial charge in [0, 0.05) is 34.5 Å². The molecule has 4 aromatic carbocycles. The summed E-state index contributed by atoms with van der Waals surface area (Å²) in [4.78, 5) is 29.2. The van der Waals surface area contributed by atoms with Crippen molar-refractivity contribution in [2.75, 3.05) is 0 Å². The van der Waals surface area contributed by atoms with E-state index >= 15 is 0 Å². The Morgan fingerprint density at radius 3 is 1.54 bits per heavy atom. The Balaban J connectivity index is 1.23. The Labute approximate surface area is 266 Å². The first-order valence-corrected chi connectivity index (χ1v) is 15.0. The second kappa shape index (κ2) is 11.9. The third kappa shape index (κ3) is 5.40. The molecule has 0 spiro atoms. The fraction of sp³-hybridized carbons (Fsp3) is 0. The molecular formula is C40H26N6. The summed E-state index contributed by atoms with van der Waals surface area (Å²) < 4.78 is 0. The molecule has 0 aliphatic heterocycles. The van der Waals surface area contributed by atoms with E-state index in [9.17, 15) is 0 Å². The second-order valence-corrected chi connectivity index (χ2v) is 10.8. The predicted molar refractivity (Wildman–Crippen MR) is 183 cm³/mol. The standard InChI is InChI=1S/C40H26N6/c1-4-12-27(13-5-1)32-24-35(43-36(25-32)37-33-19-11-10-14-28(33)22-23-41-37)34-21-20-31(26-42-34)40-45-38(29-15-6-2-7-16-29)44-39(46-40)30-17-8-3-9-18-30/h1-26H. The fourth-order valence-corrected chi connectivity index (χ4v) is 5.52. The van der Waals surface area contributed by atoms with Crippen molar-refractivity contribution in [3.63, 3.8) is 0 Å². The van der Waals surface area contributed by atoms with E-state index in [0.717, 1.165) is 61.4 Å². The highest BCUT2D eigenvalue weighted by Crippen LogP contribution is 2.32. The molecular weight excluding hydrogens is 564 g/mol. The number of hydrogen-bond donors (Lipinski definition) is 0. The molecule has 0 aliphatic carbocycles. The number of aromatic nitrogens is 6. The summed E-state index contributed by atoms with van der Waals surface area (Å²) in [5.41, 5.74) is 7.88. The lowest BCUT2D eigenvalue weighted by molar-refractivity contribution is 1.07. The van der Waals surface area contributed by atoms with E-state index in [4.69, 9.17) is 29.9 Å². The van der Waals surface area contributed by atoms with Gasteiger partial charge in [-0.1, -0.05) is 115 Å². The van der Waals surface area contributed by atoms with Crippen LogP contribution >= 0.6 is 0 Å². The molecule has 0 fully saturated rings. The van der Waals surface area contributed by atoms with Gasteiger partial charge in [-0.2, -0.15) is 0 Å². The molecule has 46 heavy (non-hydrogen) atoms. The van der Waals surface area contributed by atoms with Crippen LogP contribution in [0.15, 0.2) is 158 Å². The van der Waals surface area contributed by atoms with E-state index in [1.54, 1.807) is 6.20 Å². The number of pyridine rings is 3. The molecule has 216 valence electrons. The largest absolute Gasteiger partial charge is 0.254 e. The highest BCUT2D eigenvalue weighted by molar-refractivity contribution is 5.94. The Kier molecular flexibility index (Phi) is 7.05. The number of rotatable bonds is 6. The van der Waals surface area contributed by atoms with Gasteiger partial charge in [0.2, 0.25) is 0 Å². The lowest BCUT2D eigenvalue weighted by Crippen LogP contribution is -2.00. The Bertz CT molecular complexity index is 2230. The van der Waals surface area contributed by atoms with Crippen LogP contribution in [0.3, 0.4) is 0 Å². The molecule has 6 heteroatoms. The van der Waals surface area contributed by atoms with Gasteiger partial charge >= 0.3 is 0 Å². The predicted octanol–water partition coefficient (Wildman–Crippen LogP) is 9.21. The minimum absolute atomic E-state index is 0.554. The summed E-state index contributed by atoms with van der Waals surface area (Å²) in [6.45, 7) is 0. The summed E-state index contributed by atoms with van der Waals surface area (Å²) in [7, 11) is 0. The van der Waals surface area contributed by atoms with Crippen LogP contribution in [-0.2, 0) is 0 Å². The van der Waals surface area contributed by atoms with Crippen molar-refractivity contribution in [1.82, 2.24) is 29.9 Å². The molecule has 0 saturated carbocycles. The van der Waals surface area contributed by atoms with E-state index < -0.39 is 0 Å². The molecule has 0 unspecified atom stereocenters. The first-order chi connectivity index (χ1) is 22.8.